The van der Waals surface area contributed by atoms with Crippen LogP contribution in [0.3, 0.4) is 0 Å². The molecule has 17 heteroatoms. The van der Waals surface area contributed by atoms with Gasteiger partial charge >= 0.3 is 0 Å². The molecule has 0 unspecified atom stereocenters. The van der Waals surface area contributed by atoms with Crippen LogP contribution >= 0.6 is 23.2 Å². The molecule has 2 fully saturated rings. The van der Waals surface area contributed by atoms with Crippen molar-refractivity contribution in [3.8, 4) is 23.0 Å². The molecular formula is C43H44Cl2N6O8S. The molecule has 2 aliphatic carbocycles. The van der Waals surface area contributed by atoms with Gasteiger partial charge in [-0.15, -0.1) is 0 Å². The van der Waals surface area contributed by atoms with Gasteiger partial charge in [0.25, 0.3) is 21.8 Å². The Morgan fingerprint density at radius 3 is 1.67 bits per heavy atom. The summed E-state index contributed by atoms with van der Waals surface area (Å²) >= 11 is 13.2. The number of carbonyl (C=O) groups is 2. The lowest BCUT2D eigenvalue weighted by molar-refractivity contribution is 0.0887. The molecule has 2 amide bonds. The summed E-state index contributed by atoms with van der Waals surface area (Å²) in [7, 11) is 1.47. The zero-order valence-corrected chi connectivity index (χ0v) is 35.8. The zero-order valence-electron chi connectivity index (χ0n) is 33.5. The van der Waals surface area contributed by atoms with E-state index in [9.17, 15) is 18.0 Å². The van der Waals surface area contributed by atoms with E-state index in [4.69, 9.17) is 42.1 Å². The molecule has 3 heterocycles. The Kier molecular flexibility index (Phi) is 13.1. The first kappa shape index (κ1) is 42.6. The Morgan fingerprint density at radius 1 is 0.700 bits per heavy atom. The van der Waals surface area contributed by atoms with Crippen molar-refractivity contribution in [2.45, 2.75) is 68.5 Å². The van der Waals surface area contributed by atoms with E-state index >= 15 is 0 Å². The lowest BCUT2D eigenvalue weighted by atomic mass is 9.82. The second kappa shape index (κ2) is 18.4. The first-order valence-electron chi connectivity index (χ1n) is 19.3. The summed E-state index contributed by atoms with van der Waals surface area (Å²) < 4.78 is 53.0. The number of carbonyl (C=O) groups excluding carboxylic acids is 2. The molecule has 0 aliphatic heterocycles. The topological polar surface area (TPSA) is 162 Å². The Labute approximate surface area is 358 Å². The molecule has 2 aliphatic rings. The number of ether oxygens (including phenoxy) is 4. The highest BCUT2D eigenvalue weighted by molar-refractivity contribution is 7.89. The van der Waals surface area contributed by atoms with Crippen LogP contribution in [0.5, 0.6) is 23.0 Å². The molecule has 314 valence electrons. The van der Waals surface area contributed by atoms with Crippen LogP contribution in [-0.4, -0.2) is 67.9 Å². The molecule has 7 rings (SSSR count). The van der Waals surface area contributed by atoms with Crippen LogP contribution in [0.4, 0.5) is 5.69 Å². The average molecular weight is 876 g/mol. The smallest absolute Gasteiger partial charge is 0.280 e. The van der Waals surface area contributed by atoms with Gasteiger partial charge in [0.05, 0.1) is 45.3 Å². The van der Waals surface area contributed by atoms with E-state index in [2.05, 4.69) is 20.4 Å². The normalized spacial score (nSPS) is 14.2. The van der Waals surface area contributed by atoms with E-state index in [0.29, 0.717) is 34.1 Å². The second-order valence-electron chi connectivity index (χ2n) is 14.5. The number of halogens is 2. The van der Waals surface area contributed by atoms with Gasteiger partial charge in [0.1, 0.15) is 33.3 Å². The van der Waals surface area contributed by atoms with E-state index in [-0.39, 0.29) is 52.0 Å². The van der Waals surface area contributed by atoms with Crippen LogP contribution in [0, 0.1) is 0 Å². The highest BCUT2D eigenvalue weighted by Crippen LogP contribution is 2.38. The first-order chi connectivity index (χ1) is 28.9. The number of nitrogens with one attached hydrogen (secondary N) is 1. The van der Waals surface area contributed by atoms with E-state index in [1.165, 1.54) is 51.1 Å². The maximum atomic E-state index is 14.9. The van der Waals surface area contributed by atoms with Crippen molar-refractivity contribution in [2.24, 2.45) is 0 Å². The maximum Gasteiger partial charge on any atom is 0.280 e. The van der Waals surface area contributed by atoms with Gasteiger partial charge in [-0.3, -0.25) is 15.0 Å². The van der Waals surface area contributed by atoms with Crippen LogP contribution in [0.25, 0.3) is 0 Å². The number of hydrogen-bond donors (Lipinski definition) is 1. The number of anilines is 1. The van der Waals surface area contributed by atoms with Crippen LogP contribution in [0.2, 0.25) is 10.3 Å². The van der Waals surface area contributed by atoms with Gasteiger partial charge in [0.2, 0.25) is 0 Å². The lowest BCUT2D eigenvalue weighted by Gasteiger charge is -2.27. The predicted octanol–water partition coefficient (Wildman–Crippen LogP) is 8.13. The summed E-state index contributed by atoms with van der Waals surface area (Å²) in [6, 6.07) is 19.3. The molecular weight excluding hydrogens is 831 g/mol. The fourth-order valence-corrected chi connectivity index (χ4v) is 8.82. The molecule has 5 aromatic rings. The summed E-state index contributed by atoms with van der Waals surface area (Å²) in [4.78, 5) is 41.7. The predicted molar refractivity (Wildman–Crippen MR) is 226 cm³/mol. The Hall–Kier alpha value is -5.48. The second-order valence-corrected chi connectivity index (χ2v) is 17.1. The van der Waals surface area contributed by atoms with Crippen LogP contribution in [0.1, 0.15) is 93.6 Å². The summed E-state index contributed by atoms with van der Waals surface area (Å²) in [5.74, 6) is 0.769. The SMILES string of the molecule is COc1ccc(CN(Cc2ccc(OC)cc2OC)S(=O)(=O)c2cc(N(NC(=O)c3ccc(C4CCC4)nc3Cl)C(=O)c3ccc(C4CCC4)nc3Cl)ccn2)c(OC)c1. The van der Waals surface area contributed by atoms with E-state index in [1.807, 2.05) is 0 Å². The third-order valence-corrected chi connectivity index (χ3v) is 13.2. The van der Waals surface area contributed by atoms with Crippen molar-refractivity contribution < 1.29 is 37.0 Å². The van der Waals surface area contributed by atoms with Gasteiger partial charge in [-0.1, -0.05) is 48.2 Å². The Bertz CT molecular complexity index is 2460. The third kappa shape index (κ3) is 8.99. The molecule has 2 aromatic carbocycles. The quantitative estimate of drug-likeness (QED) is 0.0799. The van der Waals surface area contributed by atoms with Crippen molar-refractivity contribution in [1.29, 1.82) is 0 Å². The number of methoxy groups -OCH3 is 4. The first-order valence-corrected chi connectivity index (χ1v) is 21.5. The van der Waals surface area contributed by atoms with Crippen molar-refractivity contribution >= 4 is 50.7 Å². The fraction of sp³-hybridized carbons (Fsp3) is 0.326. The molecule has 0 bridgehead atoms. The number of hydrogen-bond acceptors (Lipinski definition) is 11. The van der Waals surface area contributed by atoms with Crippen molar-refractivity contribution in [3.05, 3.63) is 123 Å². The van der Waals surface area contributed by atoms with E-state index in [0.717, 1.165) is 54.9 Å². The number of nitrogens with zero attached hydrogens (tertiary/aromatic N) is 5. The number of amides is 2. The minimum Gasteiger partial charge on any atom is -0.497 e. The number of sulfonamides is 1. The summed E-state index contributed by atoms with van der Waals surface area (Å²) in [5.41, 5.74) is 5.18. The number of rotatable bonds is 15. The van der Waals surface area contributed by atoms with Gasteiger partial charge < -0.3 is 18.9 Å². The Morgan fingerprint density at radius 2 is 1.22 bits per heavy atom. The number of hydrazine groups is 1. The van der Waals surface area contributed by atoms with Gasteiger partial charge in [-0.2, -0.15) is 4.31 Å². The molecule has 3 aromatic heterocycles. The number of pyridine rings is 3. The summed E-state index contributed by atoms with van der Waals surface area (Å²) in [6.07, 6.45) is 7.31. The molecule has 60 heavy (non-hydrogen) atoms. The third-order valence-electron chi connectivity index (χ3n) is 10.9. The molecule has 0 spiro atoms. The standard InChI is InChI=1S/C43H44Cl2N6O8S/c1-56-31-13-11-28(37(22-31)58-3)24-50(25-29-12-14-32(57-2)23-38(29)59-4)60(54,55)39-21-30(19-20-46-39)51(43(53)34-16-18-36(48-41(34)45)27-9-6-10-27)49-42(52)33-15-17-35(47-40(33)44)26-7-5-8-26/h11-23,26-27H,5-10,24-25H2,1-4H3,(H,49,52). The van der Waals surface area contributed by atoms with Crippen LogP contribution in [0.15, 0.2) is 84.0 Å². The zero-order chi connectivity index (χ0) is 42.6. The molecule has 0 radical (unpaired) electrons. The lowest BCUT2D eigenvalue weighted by Crippen LogP contribution is -2.47. The van der Waals surface area contributed by atoms with Gasteiger partial charge in [-0.25, -0.2) is 28.4 Å². The molecule has 14 nitrogen and oxygen atoms in total. The summed E-state index contributed by atoms with van der Waals surface area (Å²) in [5, 5.41) is 0.378. The van der Waals surface area contributed by atoms with Gasteiger partial charge in [0.15, 0.2) is 5.03 Å². The van der Waals surface area contributed by atoms with Crippen LogP contribution < -0.4 is 29.4 Å². The van der Waals surface area contributed by atoms with Gasteiger partial charge in [-0.05, 0) is 68.1 Å². The highest BCUT2D eigenvalue weighted by atomic mass is 35.5. The van der Waals surface area contributed by atoms with Crippen molar-refractivity contribution in [1.82, 2.24) is 24.7 Å². The number of aromatic nitrogens is 3. The molecule has 1 N–H and O–H groups in total. The monoisotopic (exact) mass is 874 g/mol. The maximum absolute atomic E-state index is 14.9. The minimum atomic E-state index is -4.51. The minimum absolute atomic E-state index is 0.0112. The van der Waals surface area contributed by atoms with E-state index < -0.39 is 26.9 Å². The largest absolute Gasteiger partial charge is 0.497 e. The van der Waals surface area contributed by atoms with E-state index in [1.54, 1.807) is 60.7 Å². The molecule has 0 saturated heterocycles. The summed E-state index contributed by atoms with van der Waals surface area (Å²) in [6.45, 7) is -0.347. The Balaban J connectivity index is 1.28. The fourth-order valence-electron chi connectivity index (χ4n) is 6.99. The van der Waals surface area contributed by atoms with Crippen LogP contribution in [-0.2, 0) is 23.1 Å². The highest BCUT2D eigenvalue weighted by Gasteiger charge is 2.32. The van der Waals surface area contributed by atoms with Crippen molar-refractivity contribution in [3.63, 3.8) is 0 Å². The average Bonchev–Trinajstić information content (AvgIpc) is 3.21. The van der Waals surface area contributed by atoms with Gasteiger partial charge in [0, 0.05) is 71.8 Å². The number of benzene rings is 2. The molecule has 2 saturated carbocycles. The van der Waals surface area contributed by atoms with Crippen molar-refractivity contribution in [2.75, 3.05) is 33.4 Å². The molecule has 0 atom stereocenters.